The van der Waals surface area contributed by atoms with Crippen molar-refractivity contribution in [2.45, 2.75) is 6.42 Å². The zero-order valence-electron chi connectivity index (χ0n) is 9.99. The zero-order chi connectivity index (χ0) is 12.1. The van der Waals surface area contributed by atoms with Gasteiger partial charge in [0.25, 0.3) is 0 Å². The first-order chi connectivity index (χ1) is 8.25. The van der Waals surface area contributed by atoms with E-state index in [9.17, 15) is 9.18 Å². The first-order valence-electron chi connectivity index (χ1n) is 5.78. The Kier molecular flexibility index (Phi) is 5.88. The number of anilines is 1. The fourth-order valence-corrected chi connectivity index (χ4v) is 1.82. The smallest absolute Gasteiger partial charge is 0.321 e. The molecule has 2 N–H and O–H groups in total. The summed E-state index contributed by atoms with van der Waals surface area (Å²) in [4.78, 5) is 13.6. The Hall–Kier alpha value is -1.33. The lowest BCUT2D eigenvalue weighted by molar-refractivity contribution is 0.215. The second-order valence-electron chi connectivity index (χ2n) is 4.03. The molecule has 1 aromatic carbocycles. The van der Waals surface area contributed by atoms with E-state index in [4.69, 9.17) is 0 Å². The Morgan fingerprint density at radius 3 is 2.94 bits per heavy atom. The van der Waals surface area contributed by atoms with Gasteiger partial charge >= 0.3 is 6.03 Å². The van der Waals surface area contributed by atoms with Crippen LogP contribution in [0.5, 0.6) is 0 Å². The number of urea groups is 1. The lowest BCUT2D eigenvalue weighted by Crippen LogP contribution is -2.37. The predicted octanol–water partition coefficient (Wildman–Crippen LogP) is 2.07. The monoisotopic (exact) mass is 273 g/mol. The second kappa shape index (κ2) is 7.18. The van der Waals surface area contributed by atoms with Crippen molar-refractivity contribution in [2.24, 2.45) is 0 Å². The van der Waals surface area contributed by atoms with Gasteiger partial charge in [0.15, 0.2) is 0 Å². The third kappa shape index (κ3) is 4.16. The van der Waals surface area contributed by atoms with Crippen LogP contribution in [0.15, 0.2) is 24.3 Å². The summed E-state index contributed by atoms with van der Waals surface area (Å²) in [5, 5.41) is 5.92. The average molecular weight is 274 g/mol. The molecule has 2 amide bonds. The Bertz CT molecular complexity index is 395. The van der Waals surface area contributed by atoms with E-state index in [-0.39, 0.29) is 24.3 Å². The number of rotatable bonds is 1. The minimum atomic E-state index is -0.347. The molecular weight excluding hydrogens is 257 g/mol. The second-order valence-corrected chi connectivity index (χ2v) is 4.03. The summed E-state index contributed by atoms with van der Waals surface area (Å²) in [5.74, 6) is -0.347. The number of benzene rings is 1. The molecular formula is C12H17ClFN3O. The lowest BCUT2D eigenvalue weighted by Gasteiger charge is -2.20. The molecule has 1 heterocycles. The highest BCUT2D eigenvalue weighted by atomic mass is 35.5. The molecule has 0 aromatic heterocycles. The summed E-state index contributed by atoms with van der Waals surface area (Å²) < 4.78 is 12.9. The maximum Gasteiger partial charge on any atom is 0.321 e. The maximum absolute atomic E-state index is 12.9. The minimum absolute atomic E-state index is 0. The van der Waals surface area contributed by atoms with Crippen molar-refractivity contribution in [2.75, 3.05) is 31.5 Å². The van der Waals surface area contributed by atoms with Gasteiger partial charge in [0.2, 0.25) is 0 Å². The Morgan fingerprint density at radius 1 is 1.33 bits per heavy atom. The van der Waals surface area contributed by atoms with Crippen molar-refractivity contribution in [3.05, 3.63) is 30.1 Å². The molecule has 4 nitrogen and oxygen atoms in total. The number of nitrogens with one attached hydrogen (secondary N) is 2. The summed E-state index contributed by atoms with van der Waals surface area (Å²) in [7, 11) is 0. The molecule has 0 unspecified atom stereocenters. The van der Waals surface area contributed by atoms with Gasteiger partial charge in [-0.15, -0.1) is 12.4 Å². The van der Waals surface area contributed by atoms with E-state index in [1.165, 1.54) is 12.1 Å². The summed E-state index contributed by atoms with van der Waals surface area (Å²) in [6.45, 7) is 3.15. The van der Waals surface area contributed by atoms with E-state index in [0.717, 1.165) is 26.1 Å². The summed E-state index contributed by atoms with van der Waals surface area (Å²) in [6, 6.07) is 5.75. The molecule has 100 valence electrons. The summed E-state index contributed by atoms with van der Waals surface area (Å²) >= 11 is 0. The quantitative estimate of drug-likeness (QED) is 0.823. The predicted molar refractivity (Wildman–Crippen MR) is 71.7 cm³/mol. The van der Waals surface area contributed by atoms with E-state index < -0.39 is 0 Å². The van der Waals surface area contributed by atoms with Gasteiger partial charge in [0.05, 0.1) is 0 Å². The van der Waals surface area contributed by atoms with Crippen LogP contribution in [0.2, 0.25) is 0 Å². The van der Waals surface area contributed by atoms with Crippen LogP contribution in [-0.4, -0.2) is 37.1 Å². The number of hydrogen-bond donors (Lipinski definition) is 2. The van der Waals surface area contributed by atoms with Crippen LogP contribution in [0.1, 0.15) is 6.42 Å². The van der Waals surface area contributed by atoms with Crippen molar-refractivity contribution < 1.29 is 9.18 Å². The molecule has 18 heavy (non-hydrogen) atoms. The summed E-state index contributed by atoms with van der Waals surface area (Å²) in [6.07, 6.45) is 0.941. The Balaban J connectivity index is 0.00000162. The topological polar surface area (TPSA) is 44.4 Å². The largest absolute Gasteiger partial charge is 0.323 e. The van der Waals surface area contributed by atoms with Gasteiger partial charge in [-0.1, -0.05) is 6.07 Å². The highest BCUT2D eigenvalue weighted by Gasteiger charge is 2.14. The molecule has 1 aliphatic rings. The average Bonchev–Trinajstić information content (AvgIpc) is 2.57. The van der Waals surface area contributed by atoms with Gasteiger partial charge in [0, 0.05) is 25.3 Å². The third-order valence-electron chi connectivity index (χ3n) is 2.70. The third-order valence-corrected chi connectivity index (χ3v) is 2.70. The maximum atomic E-state index is 12.9. The standard InChI is InChI=1S/C12H16FN3O.ClH/c13-10-3-1-4-11(9-10)15-12(17)16-7-2-5-14-6-8-16;/h1,3-4,9,14H,2,5-8H2,(H,15,17);1H. The van der Waals surface area contributed by atoms with Crippen LogP contribution in [0, 0.1) is 5.82 Å². The number of halogens is 2. The van der Waals surface area contributed by atoms with Crippen LogP contribution >= 0.6 is 12.4 Å². The molecule has 2 rings (SSSR count). The molecule has 1 aliphatic heterocycles. The van der Waals surface area contributed by atoms with Gasteiger partial charge < -0.3 is 15.5 Å². The van der Waals surface area contributed by atoms with Gasteiger partial charge in [-0.25, -0.2) is 9.18 Å². The number of carbonyl (C=O) groups excluding carboxylic acids is 1. The van der Waals surface area contributed by atoms with E-state index >= 15 is 0 Å². The fraction of sp³-hybridized carbons (Fsp3) is 0.417. The number of hydrogen-bond acceptors (Lipinski definition) is 2. The number of nitrogens with zero attached hydrogens (tertiary/aromatic N) is 1. The van der Waals surface area contributed by atoms with Crippen LogP contribution < -0.4 is 10.6 Å². The molecule has 0 bridgehead atoms. The lowest BCUT2D eigenvalue weighted by atomic mass is 10.3. The van der Waals surface area contributed by atoms with Crippen molar-refractivity contribution in [1.82, 2.24) is 10.2 Å². The molecule has 0 radical (unpaired) electrons. The van der Waals surface area contributed by atoms with Crippen molar-refractivity contribution in [3.63, 3.8) is 0 Å². The van der Waals surface area contributed by atoms with Crippen LogP contribution in [0.25, 0.3) is 0 Å². The van der Waals surface area contributed by atoms with E-state index in [0.29, 0.717) is 12.2 Å². The van der Waals surface area contributed by atoms with Gasteiger partial charge in [-0.05, 0) is 31.2 Å². The van der Waals surface area contributed by atoms with Gasteiger partial charge in [-0.3, -0.25) is 0 Å². The zero-order valence-corrected chi connectivity index (χ0v) is 10.8. The normalized spacial score (nSPS) is 15.5. The van der Waals surface area contributed by atoms with Crippen LogP contribution in [0.3, 0.4) is 0 Å². The van der Waals surface area contributed by atoms with Crippen molar-refractivity contribution >= 4 is 24.1 Å². The van der Waals surface area contributed by atoms with Crippen molar-refractivity contribution in [3.8, 4) is 0 Å². The first kappa shape index (κ1) is 14.7. The van der Waals surface area contributed by atoms with E-state index in [2.05, 4.69) is 10.6 Å². The SMILES string of the molecule is Cl.O=C(Nc1cccc(F)c1)N1CCCNCC1. The van der Waals surface area contributed by atoms with Gasteiger partial charge in [0.1, 0.15) is 5.82 Å². The van der Waals surface area contributed by atoms with Crippen LogP contribution in [0.4, 0.5) is 14.9 Å². The van der Waals surface area contributed by atoms with E-state index in [1.54, 1.807) is 17.0 Å². The fourth-order valence-electron chi connectivity index (χ4n) is 1.82. The van der Waals surface area contributed by atoms with Gasteiger partial charge in [-0.2, -0.15) is 0 Å². The Labute approximate surface area is 112 Å². The molecule has 1 saturated heterocycles. The molecule has 0 spiro atoms. The molecule has 0 aliphatic carbocycles. The number of carbonyl (C=O) groups is 1. The molecule has 1 fully saturated rings. The molecule has 0 saturated carbocycles. The Morgan fingerprint density at radius 2 is 2.17 bits per heavy atom. The molecule has 0 atom stereocenters. The highest BCUT2D eigenvalue weighted by molar-refractivity contribution is 5.89. The van der Waals surface area contributed by atoms with Crippen LogP contribution in [-0.2, 0) is 0 Å². The first-order valence-corrected chi connectivity index (χ1v) is 5.78. The number of amides is 2. The summed E-state index contributed by atoms with van der Waals surface area (Å²) in [5.41, 5.74) is 0.493. The molecule has 6 heteroatoms. The highest BCUT2D eigenvalue weighted by Crippen LogP contribution is 2.10. The van der Waals surface area contributed by atoms with E-state index in [1.807, 2.05) is 0 Å². The minimum Gasteiger partial charge on any atom is -0.323 e. The molecule has 1 aromatic rings. The van der Waals surface area contributed by atoms with Crippen molar-refractivity contribution in [1.29, 1.82) is 0 Å².